The van der Waals surface area contributed by atoms with Crippen molar-refractivity contribution in [1.82, 2.24) is 0 Å². The van der Waals surface area contributed by atoms with E-state index in [1.54, 1.807) is 0 Å². The summed E-state index contributed by atoms with van der Waals surface area (Å²) in [5.74, 6) is 0. The topological polar surface area (TPSA) is 3.24 Å². The average molecular weight is 162 g/mol. The molecule has 1 radical (unpaired) electrons. The first kappa shape index (κ1) is 9.11. The highest BCUT2D eigenvalue weighted by Crippen LogP contribution is 2.12. The van der Waals surface area contributed by atoms with Crippen molar-refractivity contribution >= 4 is 5.69 Å². The van der Waals surface area contributed by atoms with Crippen LogP contribution in [0.4, 0.5) is 5.69 Å². The molecule has 0 N–H and O–H groups in total. The lowest BCUT2D eigenvalue weighted by Gasteiger charge is -2.17. The van der Waals surface area contributed by atoms with Gasteiger partial charge in [-0.3, -0.25) is 0 Å². The van der Waals surface area contributed by atoms with Crippen molar-refractivity contribution in [3.05, 3.63) is 37.4 Å². The summed E-state index contributed by atoms with van der Waals surface area (Å²) >= 11 is 0. The minimum absolute atomic E-state index is 1.04. The molecule has 0 aliphatic carbocycles. The second-order valence-electron chi connectivity index (χ2n) is 2.95. The molecular formula is C11H16N. The van der Waals surface area contributed by atoms with Crippen LogP contribution in [0.25, 0.3) is 0 Å². The van der Waals surface area contributed by atoms with Crippen molar-refractivity contribution in [3.8, 4) is 0 Å². The van der Waals surface area contributed by atoms with Gasteiger partial charge in [-0.1, -0.05) is 31.5 Å². The molecule has 0 saturated carbocycles. The normalized spacial score (nSPS) is 9.83. The molecule has 0 aromatic heterocycles. The first-order valence-corrected chi connectivity index (χ1v) is 4.47. The molecule has 1 aromatic carbocycles. The summed E-state index contributed by atoms with van der Waals surface area (Å²) in [6, 6.07) is 10.3. The number of hydrogen-bond donors (Lipinski definition) is 0. The predicted octanol–water partition coefficient (Wildman–Crippen LogP) is 3.08. The highest BCUT2D eigenvalue weighted by molar-refractivity contribution is 5.45. The highest BCUT2D eigenvalue weighted by Gasteiger charge is 1.96. The SMILES string of the molecule is [CH2]N(CCCC)c1ccccc1. The van der Waals surface area contributed by atoms with Crippen LogP contribution in [0.15, 0.2) is 30.3 Å². The Morgan fingerprint density at radius 3 is 2.50 bits per heavy atom. The Morgan fingerprint density at radius 1 is 1.25 bits per heavy atom. The average Bonchev–Trinajstić information content (AvgIpc) is 2.15. The summed E-state index contributed by atoms with van der Waals surface area (Å²) in [5.41, 5.74) is 1.20. The van der Waals surface area contributed by atoms with Crippen molar-refractivity contribution in [2.24, 2.45) is 0 Å². The second-order valence-corrected chi connectivity index (χ2v) is 2.95. The van der Waals surface area contributed by atoms with Gasteiger partial charge < -0.3 is 4.90 Å². The molecule has 12 heavy (non-hydrogen) atoms. The van der Waals surface area contributed by atoms with Gasteiger partial charge in [0.05, 0.1) is 0 Å². The molecule has 1 nitrogen and oxygen atoms in total. The Bertz CT molecular complexity index is 206. The van der Waals surface area contributed by atoms with Crippen LogP contribution in [0.3, 0.4) is 0 Å². The summed E-state index contributed by atoms with van der Waals surface area (Å²) in [7, 11) is 3.98. The van der Waals surface area contributed by atoms with E-state index < -0.39 is 0 Å². The quantitative estimate of drug-likeness (QED) is 0.657. The number of hydrogen-bond acceptors (Lipinski definition) is 1. The molecule has 0 fully saturated rings. The molecule has 0 aliphatic heterocycles. The number of anilines is 1. The van der Waals surface area contributed by atoms with Crippen LogP contribution in [0.2, 0.25) is 0 Å². The fourth-order valence-electron chi connectivity index (χ4n) is 1.12. The first-order chi connectivity index (χ1) is 5.84. The minimum Gasteiger partial charge on any atom is -0.370 e. The molecule has 0 unspecified atom stereocenters. The zero-order valence-corrected chi connectivity index (χ0v) is 7.66. The second kappa shape index (κ2) is 4.81. The van der Waals surface area contributed by atoms with Crippen molar-refractivity contribution in [1.29, 1.82) is 0 Å². The zero-order valence-electron chi connectivity index (χ0n) is 7.66. The monoisotopic (exact) mass is 162 g/mol. The van der Waals surface area contributed by atoms with E-state index in [0.29, 0.717) is 0 Å². The molecule has 65 valence electrons. The van der Waals surface area contributed by atoms with Gasteiger partial charge in [0.15, 0.2) is 0 Å². The maximum absolute atomic E-state index is 3.98. The molecular weight excluding hydrogens is 146 g/mol. The third-order valence-corrected chi connectivity index (χ3v) is 1.90. The Balaban J connectivity index is 2.48. The van der Waals surface area contributed by atoms with E-state index in [1.807, 2.05) is 23.1 Å². The summed E-state index contributed by atoms with van der Waals surface area (Å²) in [5, 5.41) is 0. The largest absolute Gasteiger partial charge is 0.370 e. The van der Waals surface area contributed by atoms with Gasteiger partial charge in [-0.05, 0) is 18.6 Å². The van der Waals surface area contributed by atoms with E-state index in [2.05, 4.69) is 26.1 Å². The van der Waals surface area contributed by atoms with Crippen LogP contribution in [-0.4, -0.2) is 6.54 Å². The molecule has 1 aromatic rings. The van der Waals surface area contributed by atoms with Crippen LogP contribution in [0, 0.1) is 7.05 Å². The van der Waals surface area contributed by atoms with Gasteiger partial charge >= 0.3 is 0 Å². The predicted molar refractivity (Wildman–Crippen MR) is 54.1 cm³/mol. The van der Waals surface area contributed by atoms with Crippen LogP contribution < -0.4 is 4.90 Å². The minimum atomic E-state index is 1.04. The molecule has 0 spiro atoms. The molecule has 0 aliphatic rings. The van der Waals surface area contributed by atoms with Gasteiger partial charge in [0, 0.05) is 19.3 Å². The molecule has 0 bridgehead atoms. The van der Waals surface area contributed by atoms with E-state index in [4.69, 9.17) is 0 Å². The molecule has 0 atom stereocenters. The number of rotatable bonds is 4. The van der Waals surface area contributed by atoms with Crippen LogP contribution in [0.5, 0.6) is 0 Å². The van der Waals surface area contributed by atoms with E-state index in [9.17, 15) is 0 Å². The van der Waals surface area contributed by atoms with Crippen LogP contribution in [0.1, 0.15) is 19.8 Å². The van der Waals surface area contributed by atoms with E-state index in [-0.39, 0.29) is 0 Å². The number of unbranched alkanes of at least 4 members (excludes halogenated alkanes) is 1. The standard InChI is InChI=1S/C11H16N/c1-3-4-10-12(2)11-8-6-5-7-9-11/h5-9H,2-4,10H2,1H3. The zero-order chi connectivity index (χ0) is 8.81. The van der Waals surface area contributed by atoms with Crippen molar-refractivity contribution in [2.45, 2.75) is 19.8 Å². The molecule has 1 heteroatoms. The lowest BCUT2D eigenvalue weighted by Crippen LogP contribution is -2.15. The van der Waals surface area contributed by atoms with Crippen molar-refractivity contribution < 1.29 is 0 Å². The number of benzene rings is 1. The molecule has 0 amide bonds. The fraction of sp³-hybridized carbons (Fsp3) is 0.364. The first-order valence-electron chi connectivity index (χ1n) is 4.47. The Kier molecular flexibility index (Phi) is 3.65. The lowest BCUT2D eigenvalue weighted by atomic mass is 10.2. The summed E-state index contributed by atoms with van der Waals surface area (Å²) in [6.07, 6.45) is 2.43. The Labute approximate surface area is 75.0 Å². The Hall–Kier alpha value is -0.980. The van der Waals surface area contributed by atoms with Gasteiger partial charge in [-0.2, -0.15) is 0 Å². The van der Waals surface area contributed by atoms with Gasteiger partial charge in [0.2, 0.25) is 0 Å². The van der Waals surface area contributed by atoms with E-state index in [1.165, 1.54) is 18.5 Å². The van der Waals surface area contributed by atoms with Gasteiger partial charge in [0.1, 0.15) is 0 Å². The molecule has 0 saturated heterocycles. The maximum Gasteiger partial charge on any atom is 0.0366 e. The van der Waals surface area contributed by atoms with Gasteiger partial charge in [0.25, 0.3) is 0 Å². The maximum atomic E-state index is 3.98. The van der Waals surface area contributed by atoms with Crippen LogP contribution in [-0.2, 0) is 0 Å². The lowest BCUT2D eigenvalue weighted by molar-refractivity contribution is 0.781. The van der Waals surface area contributed by atoms with Crippen LogP contribution >= 0.6 is 0 Å². The molecule has 0 heterocycles. The Morgan fingerprint density at radius 2 is 1.92 bits per heavy atom. The van der Waals surface area contributed by atoms with Gasteiger partial charge in [-0.25, -0.2) is 0 Å². The van der Waals surface area contributed by atoms with Crippen molar-refractivity contribution in [2.75, 3.05) is 11.4 Å². The highest BCUT2D eigenvalue weighted by atomic mass is 15.1. The third kappa shape index (κ3) is 2.57. The fourth-order valence-corrected chi connectivity index (χ4v) is 1.12. The molecule has 1 rings (SSSR count). The smallest absolute Gasteiger partial charge is 0.0366 e. The summed E-state index contributed by atoms with van der Waals surface area (Å²) in [6.45, 7) is 3.24. The number of nitrogens with zero attached hydrogens (tertiary/aromatic N) is 1. The van der Waals surface area contributed by atoms with Gasteiger partial charge in [-0.15, -0.1) is 0 Å². The number of para-hydroxylation sites is 1. The van der Waals surface area contributed by atoms with Crippen molar-refractivity contribution in [3.63, 3.8) is 0 Å². The summed E-state index contributed by atoms with van der Waals surface area (Å²) in [4.78, 5) is 2.05. The van der Waals surface area contributed by atoms with E-state index in [0.717, 1.165) is 6.54 Å². The van der Waals surface area contributed by atoms with E-state index >= 15 is 0 Å². The third-order valence-electron chi connectivity index (χ3n) is 1.90. The summed E-state index contributed by atoms with van der Waals surface area (Å²) < 4.78 is 0.